The summed E-state index contributed by atoms with van der Waals surface area (Å²) in [6.07, 6.45) is 0. The number of hydrogen-bond acceptors (Lipinski definition) is 3. The molecule has 0 aliphatic heterocycles. The van der Waals surface area contributed by atoms with Crippen LogP contribution >= 0.6 is 27.3 Å². The molecule has 0 spiro atoms. The summed E-state index contributed by atoms with van der Waals surface area (Å²) in [5.74, 6) is 0. The molecule has 2 heterocycles. The lowest BCUT2D eigenvalue weighted by atomic mass is 10.1. The van der Waals surface area contributed by atoms with Crippen molar-refractivity contribution in [2.45, 2.75) is 19.9 Å². The number of thiophene rings is 1. The topological polar surface area (TPSA) is 24.9 Å². The fraction of sp³-hybridized carbons (Fsp3) is 0.308. The van der Waals surface area contributed by atoms with E-state index in [0.29, 0.717) is 0 Å². The molecule has 1 unspecified atom stereocenters. The molecule has 0 saturated carbocycles. The van der Waals surface area contributed by atoms with Crippen molar-refractivity contribution in [3.05, 3.63) is 50.4 Å². The Kier molecular flexibility index (Phi) is 4.31. The van der Waals surface area contributed by atoms with Crippen molar-refractivity contribution in [1.29, 1.82) is 0 Å². The number of pyridine rings is 1. The molecule has 90 valence electrons. The van der Waals surface area contributed by atoms with Gasteiger partial charge in [0.25, 0.3) is 0 Å². The molecule has 0 radical (unpaired) electrons. The van der Waals surface area contributed by atoms with Crippen LogP contribution in [0.3, 0.4) is 0 Å². The molecule has 1 atom stereocenters. The molecule has 0 bridgehead atoms. The van der Waals surface area contributed by atoms with E-state index >= 15 is 0 Å². The quantitative estimate of drug-likeness (QED) is 0.926. The zero-order chi connectivity index (χ0) is 12.3. The van der Waals surface area contributed by atoms with Crippen LogP contribution in [0.1, 0.15) is 29.2 Å². The van der Waals surface area contributed by atoms with Gasteiger partial charge in [-0.25, -0.2) is 0 Å². The van der Waals surface area contributed by atoms with Crippen LogP contribution in [0.2, 0.25) is 0 Å². The molecule has 0 amide bonds. The SMILES string of the molecule is CCNC(c1cccc(C)n1)c1sccc1Br. The maximum absolute atomic E-state index is 4.61. The molecule has 2 nitrogen and oxygen atoms in total. The first kappa shape index (κ1) is 12.7. The summed E-state index contributed by atoms with van der Waals surface area (Å²) in [5, 5.41) is 5.58. The maximum atomic E-state index is 4.61. The summed E-state index contributed by atoms with van der Waals surface area (Å²) in [5.41, 5.74) is 2.13. The molecule has 0 fully saturated rings. The molecule has 17 heavy (non-hydrogen) atoms. The van der Waals surface area contributed by atoms with Crippen LogP contribution in [0.15, 0.2) is 34.1 Å². The zero-order valence-electron chi connectivity index (χ0n) is 9.90. The number of hydrogen-bond donors (Lipinski definition) is 1. The first-order valence-electron chi connectivity index (χ1n) is 5.62. The van der Waals surface area contributed by atoms with Crippen molar-refractivity contribution in [3.8, 4) is 0 Å². The summed E-state index contributed by atoms with van der Waals surface area (Å²) in [7, 11) is 0. The van der Waals surface area contributed by atoms with E-state index in [1.54, 1.807) is 11.3 Å². The van der Waals surface area contributed by atoms with Crippen LogP contribution in [0.4, 0.5) is 0 Å². The van der Waals surface area contributed by atoms with Crippen LogP contribution in [0.5, 0.6) is 0 Å². The number of rotatable bonds is 4. The lowest BCUT2D eigenvalue weighted by Crippen LogP contribution is -2.22. The molecule has 0 aromatic carbocycles. The second-order valence-corrected chi connectivity index (χ2v) is 5.63. The monoisotopic (exact) mass is 310 g/mol. The Balaban J connectivity index is 2.39. The number of halogens is 1. The van der Waals surface area contributed by atoms with Gasteiger partial charge in [0.05, 0.1) is 11.7 Å². The molecule has 2 aromatic rings. The summed E-state index contributed by atoms with van der Waals surface area (Å²) in [6.45, 7) is 5.06. The van der Waals surface area contributed by atoms with Gasteiger partial charge in [-0.15, -0.1) is 11.3 Å². The van der Waals surface area contributed by atoms with E-state index in [4.69, 9.17) is 0 Å². The average Bonchev–Trinajstić information content (AvgIpc) is 2.72. The Bertz CT molecular complexity index is 496. The minimum Gasteiger partial charge on any atom is -0.305 e. The van der Waals surface area contributed by atoms with E-state index in [1.807, 2.05) is 13.0 Å². The molecule has 2 aromatic heterocycles. The number of aromatic nitrogens is 1. The van der Waals surface area contributed by atoms with E-state index in [1.165, 1.54) is 4.88 Å². The van der Waals surface area contributed by atoms with E-state index in [0.717, 1.165) is 22.4 Å². The van der Waals surface area contributed by atoms with Crippen LogP contribution in [-0.2, 0) is 0 Å². The standard InChI is InChI=1S/C13H15BrN2S/c1-3-15-12(13-10(14)7-8-17-13)11-6-4-5-9(2)16-11/h4-8,12,15H,3H2,1-2H3. The Hall–Kier alpha value is -0.710. The minimum atomic E-state index is 0.175. The number of aryl methyl sites for hydroxylation is 1. The molecule has 1 N–H and O–H groups in total. The molecule has 4 heteroatoms. The van der Waals surface area contributed by atoms with E-state index in [-0.39, 0.29) is 6.04 Å². The predicted octanol–water partition coefficient (Wildman–Crippen LogP) is 3.91. The highest BCUT2D eigenvalue weighted by molar-refractivity contribution is 9.10. The van der Waals surface area contributed by atoms with Gasteiger partial charge >= 0.3 is 0 Å². The minimum absolute atomic E-state index is 0.175. The third-order valence-corrected chi connectivity index (χ3v) is 4.46. The normalized spacial score (nSPS) is 12.6. The summed E-state index contributed by atoms with van der Waals surface area (Å²) < 4.78 is 1.15. The van der Waals surface area contributed by atoms with Crippen molar-refractivity contribution in [2.75, 3.05) is 6.54 Å². The van der Waals surface area contributed by atoms with Gasteiger partial charge in [-0.05, 0) is 53.0 Å². The van der Waals surface area contributed by atoms with Gasteiger partial charge in [-0.3, -0.25) is 4.98 Å². The molecule has 0 aliphatic rings. The van der Waals surface area contributed by atoms with Gasteiger partial charge in [0.15, 0.2) is 0 Å². The second kappa shape index (κ2) is 5.76. The summed E-state index contributed by atoms with van der Waals surface area (Å²) >= 11 is 5.34. The largest absolute Gasteiger partial charge is 0.305 e. The van der Waals surface area contributed by atoms with Crippen LogP contribution in [-0.4, -0.2) is 11.5 Å². The number of nitrogens with zero attached hydrogens (tertiary/aromatic N) is 1. The molecular weight excluding hydrogens is 296 g/mol. The van der Waals surface area contributed by atoms with Gasteiger partial charge in [-0.1, -0.05) is 13.0 Å². The fourth-order valence-corrected chi connectivity index (χ4v) is 3.46. The molecule has 0 saturated heterocycles. The third-order valence-electron chi connectivity index (χ3n) is 2.52. The highest BCUT2D eigenvalue weighted by Crippen LogP contribution is 2.32. The van der Waals surface area contributed by atoms with Crippen molar-refractivity contribution in [3.63, 3.8) is 0 Å². The van der Waals surface area contributed by atoms with Crippen molar-refractivity contribution < 1.29 is 0 Å². The van der Waals surface area contributed by atoms with Gasteiger partial charge < -0.3 is 5.32 Å². The van der Waals surface area contributed by atoms with Crippen molar-refractivity contribution >= 4 is 27.3 Å². The van der Waals surface area contributed by atoms with E-state index < -0.39 is 0 Å². The highest BCUT2D eigenvalue weighted by atomic mass is 79.9. The smallest absolute Gasteiger partial charge is 0.0856 e. The number of nitrogens with one attached hydrogen (secondary N) is 1. The van der Waals surface area contributed by atoms with Crippen LogP contribution in [0.25, 0.3) is 0 Å². The highest BCUT2D eigenvalue weighted by Gasteiger charge is 2.18. The van der Waals surface area contributed by atoms with Crippen LogP contribution < -0.4 is 5.32 Å². The van der Waals surface area contributed by atoms with Gasteiger partial charge in [-0.2, -0.15) is 0 Å². The Morgan fingerprint density at radius 1 is 1.41 bits per heavy atom. The maximum Gasteiger partial charge on any atom is 0.0856 e. The average molecular weight is 311 g/mol. The first-order chi connectivity index (χ1) is 8.22. The molecule has 2 rings (SSSR count). The van der Waals surface area contributed by atoms with Crippen molar-refractivity contribution in [2.24, 2.45) is 0 Å². The third kappa shape index (κ3) is 2.94. The Morgan fingerprint density at radius 3 is 2.82 bits per heavy atom. The van der Waals surface area contributed by atoms with Gasteiger partial charge in [0, 0.05) is 15.0 Å². The van der Waals surface area contributed by atoms with Crippen LogP contribution in [0, 0.1) is 6.92 Å². The zero-order valence-corrected chi connectivity index (χ0v) is 12.3. The predicted molar refractivity (Wildman–Crippen MR) is 76.5 cm³/mol. The van der Waals surface area contributed by atoms with E-state index in [2.05, 4.69) is 56.7 Å². The summed E-state index contributed by atoms with van der Waals surface area (Å²) in [6, 6.07) is 8.42. The second-order valence-electron chi connectivity index (χ2n) is 3.83. The van der Waals surface area contributed by atoms with Gasteiger partial charge in [0.2, 0.25) is 0 Å². The molecular formula is C13H15BrN2S. The lowest BCUT2D eigenvalue weighted by Gasteiger charge is -2.17. The summed E-state index contributed by atoms with van der Waals surface area (Å²) in [4.78, 5) is 5.89. The van der Waals surface area contributed by atoms with Crippen molar-refractivity contribution in [1.82, 2.24) is 10.3 Å². The molecule has 0 aliphatic carbocycles. The Morgan fingerprint density at radius 2 is 2.24 bits per heavy atom. The van der Waals surface area contributed by atoms with E-state index in [9.17, 15) is 0 Å². The fourth-order valence-electron chi connectivity index (χ4n) is 1.77. The Labute approximate surface area is 114 Å². The lowest BCUT2D eigenvalue weighted by molar-refractivity contribution is 0.621. The first-order valence-corrected chi connectivity index (χ1v) is 7.29. The van der Waals surface area contributed by atoms with Gasteiger partial charge in [0.1, 0.15) is 0 Å².